The maximum atomic E-state index is 13.3. The van der Waals surface area contributed by atoms with Gasteiger partial charge >= 0.3 is 6.29 Å². The van der Waals surface area contributed by atoms with E-state index in [1.54, 1.807) is 6.07 Å². The van der Waals surface area contributed by atoms with Crippen LogP contribution >= 0.6 is 0 Å². The van der Waals surface area contributed by atoms with E-state index in [-0.39, 0.29) is 17.4 Å². The van der Waals surface area contributed by atoms with Gasteiger partial charge < -0.3 is 19.9 Å². The quantitative estimate of drug-likeness (QED) is 0.844. The van der Waals surface area contributed by atoms with Gasteiger partial charge in [-0.05, 0) is 56.0 Å². The first-order chi connectivity index (χ1) is 12.5. The summed E-state index contributed by atoms with van der Waals surface area (Å²) in [5.41, 5.74) is 8.06. The standard InChI is InChI=1S/C19H20F2N2O3/c1-2-24-16-8-6-14(13(10-22)11-3-4-11)23-18(16)12-5-7-15-17(9-12)26-19(20,21)25-15/h5-9,11,13H,2-4,10,22H2,1H3. The summed E-state index contributed by atoms with van der Waals surface area (Å²) >= 11 is 0. The van der Waals surface area contributed by atoms with Gasteiger partial charge in [-0.1, -0.05) is 0 Å². The molecule has 1 saturated carbocycles. The Morgan fingerprint density at radius 3 is 2.69 bits per heavy atom. The van der Waals surface area contributed by atoms with Gasteiger partial charge in [-0.15, -0.1) is 8.78 Å². The van der Waals surface area contributed by atoms with Crippen LogP contribution in [0.4, 0.5) is 8.78 Å². The lowest BCUT2D eigenvalue weighted by Crippen LogP contribution is -2.25. The van der Waals surface area contributed by atoms with Crippen LogP contribution in [-0.2, 0) is 0 Å². The number of aromatic nitrogens is 1. The van der Waals surface area contributed by atoms with Crippen LogP contribution in [0, 0.1) is 5.92 Å². The van der Waals surface area contributed by atoms with E-state index in [9.17, 15) is 8.78 Å². The Kier molecular flexibility index (Phi) is 4.19. The fraction of sp³-hybridized carbons (Fsp3) is 0.421. The van der Waals surface area contributed by atoms with Crippen molar-refractivity contribution >= 4 is 0 Å². The van der Waals surface area contributed by atoms with E-state index in [0.29, 0.717) is 36.1 Å². The van der Waals surface area contributed by atoms with E-state index in [4.69, 9.17) is 15.5 Å². The third-order valence-corrected chi connectivity index (χ3v) is 4.68. The molecular weight excluding hydrogens is 342 g/mol. The number of rotatable bonds is 6. The Hall–Kier alpha value is -2.41. The fourth-order valence-corrected chi connectivity index (χ4v) is 3.30. The number of hydrogen-bond acceptors (Lipinski definition) is 5. The summed E-state index contributed by atoms with van der Waals surface area (Å²) in [7, 11) is 0. The van der Waals surface area contributed by atoms with Gasteiger partial charge in [0.15, 0.2) is 11.5 Å². The molecule has 0 amide bonds. The van der Waals surface area contributed by atoms with Crippen molar-refractivity contribution in [2.24, 2.45) is 11.7 Å². The highest BCUT2D eigenvalue weighted by molar-refractivity contribution is 5.70. The number of benzene rings is 1. The average molecular weight is 362 g/mol. The fourth-order valence-electron chi connectivity index (χ4n) is 3.30. The van der Waals surface area contributed by atoms with Crippen molar-refractivity contribution in [3.8, 4) is 28.5 Å². The van der Waals surface area contributed by atoms with Crippen LogP contribution in [0.1, 0.15) is 31.4 Å². The van der Waals surface area contributed by atoms with Gasteiger partial charge in [0.2, 0.25) is 0 Å². The van der Waals surface area contributed by atoms with Crippen molar-refractivity contribution in [3.05, 3.63) is 36.0 Å². The number of fused-ring (bicyclic) bond motifs is 1. The summed E-state index contributed by atoms with van der Waals surface area (Å²) in [5.74, 6) is 1.34. The number of alkyl halides is 2. The molecule has 1 fully saturated rings. The Balaban J connectivity index is 1.74. The van der Waals surface area contributed by atoms with Crippen LogP contribution in [0.15, 0.2) is 30.3 Å². The molecule has 1 unspecified atom stereocenters. The third-order valence-electron chi connectivity index (χ3n) is 4.68. The zero-order valence-electron chi connectivity index (χ0n) is 14.4. The Bertz CT molecular complexity index is 824. The van der Waals surface area contributed by atoms with Gasteiger partial charge in [0.1, 0.15) is 11.4 Å². The van der Waals surface area contributed by atoms with Crippen LogP contribution in [-0.4, -0.2) is 24.4 Å². The summed E-state index contributed by atoms with van der Waals surface area (Å²) in [5, 5.41) is 0. The van der Waals surface area contributed by atoms with Crippen LogP contribution < -0.4 is 19.9 Å². The van der Waals surface area contributed by atoms with Gasteiger partial charge in [0, 0.05) is 23.7 Å². The zero-order valence-corrected chi connectivity index (χ0v) is 14.4. The van der Waals surface area contributed by atoms with E-state index < -0.39 is 6.29 Å². The first-order valence-electron chi connectivity index (χ1n) is 8.75. The first kappa shape index (κ1) is 17.0. The topological polar surface area (TPSA) is 66.6 Å². The highest BCUT2D eigenvalue weighted by atomic mass is 19.3. The summed E-state index contributed by atoms with van der Waals surface area (Å²) in [6, 6.07) is 8.43. The second kappa shape index (κ2) is 6.39. The predicted molar refractivity (Wildman–Crippen MR) is 91.6 cm³/mol. The van der Waals surface area contributed by atoms with E-state index in [1.165, 1.54) is 12.1 Å². The van der Waals surface area contributed by atoms with Crippen molar-refractivity contribution in [2.75, 3.05) is 13.2 Å². The van der Waals surface area contributed by atoms with Crippen LogP contribution in [0.3, 0.4) is 0 Å². The smallest absolute Gasteiger partial charge is 0.492 e. The Morgan fingerprint density at radius 1 is 1.23 bits per heavy atom. The first-order valence-corrected chi connectivity index (χ1v) is 8.75. The number of ether oxygens (including phenoxy) is 3. The maximum absolute atomic E-state index is 13.3. The monoisotopic (exact) mass is 362 g/mol. The molecule has 2 aliphatic rings. The predicted octanol–water partition coefficient (Wildman–Crippen LogP) is 3.92. The zero-order chi connectivity index (χ0) is 18.3. The second-order valence-electron chi connectivity index (χ2n) is 6.52. The SMILES string of the molecule is CCOc1ccc(C(CN)C2CC2)nc1-c1ccc2c(c1)OC(F)(F)O2. The minimum Gasteiger partial charge on any atom is -0.492 e. The van der Waals surface area contributed by atoms with E-state index in [0.717, 1.165) is 18.5 Å². The summed E-state index contributed by atoms with van der Waals surface area (Å²) in [6.07, 6.45) is -1.33. The Morgan fingerprint density at radius 2 is 2.00 bits per heavy atom. The molecule has 1 aromatic heterocycles. The molecule has 4 rings (SSSR count). The molecule has 2 heterocycles. The van der Waals surface area contributed by atoms with E-state index in [2.05, 4.69) is 9.47 Å². The highest BCUT2D eigenvalue weighted by Gasteiger charge is 2.43. The maximum Gasteiger partial charge on any atom is 0.586 e. The molecule has 0 radical (unpaired) electrons. The molecule has 0 saturated heterocycles. The van der Waals surface area contributed by atoms with Crippen LogP contribution in [0.25, 0.3) is 11.3 Å². The molecule has 5 nitrogen and oxygen atoms in total. The minimum absolute atomic E-state index is 0.00526. The van der Waals surface area contributed by atoms with Gasteiger partial charge in [-0.3, -0.25) is 0 Å². The highest BCUT2D eigenvalue weighted by Crippen LogP contribution is 2.45. The number of hydrogen-bond donors (Lipinski definition) is 1. The molecule has 138 valence electrons. The molecule has 0 bridgehead atoms. The molecule has 2 N–H and O–H groups in total. The van der Waals surface area contributed by atoms with Crippen LogP contribution in [0.2, 0.25) is 0 Å². The number of nitrogens with zero attached hydrogens (tertiary/aromatic N) is 1. The van der Waals surface area contributed by atoms with Crippen LogP contribution in [0.5, 0.6) is 17.2 Å². The minimum atomic E-state index is -3.64. The van der Waals surface area contributed by atoms with Crippen molar-refractivity contribution in [2.45, 2.75) is 32.0 Å². The van der Waals surface area contributed by atoms with Gasteiger partial charge in [-0.25, -0.2) is 4.98 Å². The van der Waals surface area contributed by atoms with Gasteiger partial charge in [0.05, 0.1) is 6.61 Å². The average Bonchev–Trinajstić information content (AvgIpc) is 3.38. The molecule has 1 aliphatic carbocycles. The normalized spacial score (nSPS) is 18.6. The largest absolute Gasteiger partial charge is 0.586 e. The third kappa shape index (κ3) is 3.19. The van der Waals surface area contributed by atoms with E-state index >= 15 is 0 Å². The molecule has 2 aromatic rings. The lowest BCUT2D eigenvalue weighted by Gasteiger charge is -2.17. The van der Waals surface area contributed by atoms with Crippen molar-refractivity contribution < 1.29 is 23.0 Å². The lowest BCUT2D eigenvalue weighted by molar-refractivity contribution is -0.286. The molecule has 1 aromatic carbocycles. The molecule has 1 atom stereocenters. The van der Waals surface area contributed by atoms with Gasteiger partial charge in [-0.2, -0.15) is 0 Å². The molecule has 0 spiro atoms. The molecule has 1 aliphatic heterocycles. The molecule has 26 heavy (non-hydrogen) atoms. The number of pyridine rings is 1. The van der Waals surface area contributed by atoms with Crippen molar-refractivity contribution in [1.82, 2.24) is 4.98 Å². The summed E-state index contributed by atoms with van der Waals surface area (Å²) in [4.78, 5) is 4.77. The van der Waals surface area contributed by atoms with E-state index in [1.807, 2.05) is 19.1 Å². The lowest BCUT2D eigenvalue weighted by atomic mass is 9.98. The summed E-state index contributed by atoms with van der Waals surface area (Å²) < 4.78 is 41.3. The Labute approximate surface area is 150 Å². The molecular formula is C19H20F2N2O3. The summed E-state index contributed by atoms with van der Waals surface area (Å²) in [6.45, 7) is 2.88. The molecule has 7 heteroatoms. The number of nitrogens with two attached hydrogens (primary N) is 1. The number of halogens is 2. The van der Waals surface area contributed by atoms with Crippen molar-refractivity contribution in [1.29, 1.82) is 0 Å². The van der Waals surface area contributed by atoms with Gasteiger partial charge in [0.25, 0.3) is 0 Å². The second-order valence-corrected chi connectivity index (χ2v) is 6.52. The van der Waals surface area contributed by atoms with Crippen molar-refractivity contribution in [3.63, 3.8) is 0 Å².